The Morgan fingerprint density at radius 1 is 0.969 bits per heavy atom. The highest BCUT2D eigenvalue weighted by Gasteiger charge is 2.09. The number of ether oxygens (including phenoxy) is 2. The molecule has 0 aliphatic carbocycles. The number of nitrogens with one attached hydrogen (secondary N) is 2. The molecule has 2 amide bonds. The number of hydrogen-bond donors (Lipinski definition) is 2. The number of benzene rings is 3. The van der Waals surface area contributed by atoms with E-state index in [1.807, 2.05) is 36.4 Å². The smallest absolute Gasteiger partial charge is 0.249 e. The van der Waals surface area contributed by atoms with Gasteiger partial charge in [0.15, 0.2) is 0 Å². The minimum absolute atomic E-state index is 0.355. The molecule has 3 aromatic rings. The van der Waals surface area contributed by atoms with Gasteiger partial charge in [-0.3, -0.25) is 9.59 Å². The Bertz CT molecular complexity index is 1080. The van der Waals surface area contributed by atoms with Gasteiger partial charge in [0, 0.05) is 16.8 Å². The van der Waals surface area contributed by atoms with Crippen LogP contribution in [0.4, 0.5) is 5.69 Å². The number of methoxy groups -OCH3 is 1. The molecule has 3 rings (SSSR count). The van der Waals surface area contributed by atoms with Gasteiger partial charge in [-0.1, -0.05) is 29.8 Å². The van der Waals surface area contributed by atoms with E-state index < -0.39 is 11.8 Å². The van der Waals surface area contributed by atoms with E-state index in [0.29, 0.717) is 28.8 Å². The molecule has 0 bridgehead atoms. The highest BCUT2D eigenvalue weighted by molar-refractivity contribution is 6.30. The first-order chi connectivity index (χ1) is 15.5. The minimum Gasteiger partial charge on any atom is -0.497 e. The Hall–Kier alpha value is -3.84. The lowest BCUT2D eigenvalue weighted by molar-refractivity contribution is -0.126. The Morgan fingerprint density at radius 3 is 2.44 bits per heavy atom. The second kappa shape index (κ2) is 11.5. The summed E-state index contributed by atoms with van der Waals surface area (Å²) in [5, 5.41) is 7.20. The monoisotopic (exact) mass is 451 g/mol. The third kappa shape index (κ3) is 7.45. The summed E-state index contributed by atoms with van der Waals surface area (Å²) in [5.74, 6) is 0.339. The zero-order valence-electron chi connectivity index (χ0n) is 17.4. The summed E-state index contributed by atoms with van der Waals surface area (Å²) in [7, 11) is 1.54. The van der Waals surface area contributed by atoms with Crippen molar-refractivity contribution in [3.05, 3.63) is 88.9 Å². The van der Waals surface area contributed by atoms with Crippen LogP contribution in [0.15, 0.2) is 77.9 Å². The van der Waals surface area contributed by atoms with Crippen molar-refractivity contribution in [2.24, 2.45) is 5.10 Å². The van der Waals surface area contributed by atoms with Crippen LogP contribution in [0.3, 0.4) is 0 Å². The normalized spacial score (nSPS) is 10.6. The van der Waals surface area contributed by atoms with Gasteiger partial charge in [-0.2, -0.15) is 5.10 Å². The van der Waals surface area contributed by atoms with Crippen molar-refractivity contribution in [1.82, 2.24) is 5.43 Å². The van der Waals surface area contributed by atoms with Gasteiger partial charge in [-0.15, -0.1) is 0 Å². The Labute approximate surface area is 191 Å². The molecule has 7 nitrogen and oxygen atoms in total. The van der Waals surface area contributed by atoms with Gasteiger partial charge in [-0.05, 0) is 59.7 Å². The van der Waals surface area contributed by atoms with Crippen molar-refractivity contribution in [3.8, 4) is 11.5 Å². The molecule has 0 spiro atoms. The van der Waals surface area contributed by atoms with Crippen molar-refractivity contribution in [3.63, 3.8) is 0 Å². The molecule has 0 saturated carbocycles. The summed E-state index contributed by atoms with van der Waals surface area (Å²) < 4.78 is 10.8. The van der Waals surface area contributed by atoms with Crippen molar-refractivity contribution < 1.29 is 19.1 Å². The first-order valence-corrected chi connectivity index (χ1v) is 10.1. The van der Waals surface area contributed by atoms with Gasteiger partial charge >= 0.3 is 0 Å². The molecular formula is C24H22ClN3O4. The number of amides is 2. The van der Waals surface area contributed by atoms with E-state index in [4.69, 9.17) is 21.1 Å². The fourth-order valence-electron chi connectivity index (χ4n) is 2.67. The van der Waals surface area contributed by atoms with Gasteiger partial charge in [-0.25, -0.2) is 5.43 Å². The molecule has 0 aromatic heterocycles. The molecule has 0 aliphatic rings. The van der Waals surface area contributed by atoms with E-state index in [1.165, 1.54) is 13.3 Å². The summed E-state index contributed by atoms with van der Waals surface area (Å²) in [4.78, 5) is 23.9. The van der Waals surface area contributed by atoms with Crippen LogP contribution in [-0.4, -0.2) is 25.1 Å². The number of hydrogen-bond acceptors (Lipinski definition) is 5. The number of rotatable bonds is 9. The molecule has 0 unspecified atom stereocenters. The summed E-state index contributed by atoms with van der Waals surface area (Å²) in [5.41, 5.74) is 4.67. The van der Waals surface area contributed by atoms with Crippen molar-refractivity contribution in [2.75, 3.05) is 12.4 Å². The number of nitrogens with zero attached hydrogens (tertiary/aromatic N) is 1. The zero-order valence-corrected chi connectivity index (χ0v) is 18.1. The molecule has 0 fully saturated rings. The van der Waals surface area contributed by atoms with Crippen LogP contribution in [0.1, 0.15) is 17.5 Å². The summed E-state index contributed by atoms with van der Waals surface area (Å²) >= 11 is 5.87. The average Bonchev–Trinajstić information content (AvgIpc) is 2.79. The molecule has 3 aromatic carbocycles. The molecule has 164 valence electrons. The Kier molecular flexibility index (Phi) is 8.22. The van der Waals surface area contributed by atoms with E-state index >= 15 is 0 Å². The maximum Gasteiger partial charge on any atom is 0.249 e. The second-order valence-electron chi connectivity index (χ2n) is 6.73. The predicted octanol–water partition coefficient (Wildman–Crippen LogP) is 4.41. The van der Waals surface area contributed by atoms with E-state index in [2.05, 4.69) is 15.8 Å². The number of carbonyl (C=O) groups excluding carboxylic acids is 2. The summed E-state index contributed by atoms with van der Waals surface area (Å²) in [6.45, 7) is 0.429. The lowest BCUT2D eigenvalue weighted by atomic mass is 10.2. The second-order valence-corrected chi connectivity index (χ2v) is 7.17. The highest BCUT2D eigenvalue weighted by atomic mass is 35.5. The van der Waals surface area contributed by atoms with Crippen LogP contribution in [0.25, 0.3) is 0 Å². The first-order valence-electron chi connectivity index (χ1n) is 9.75. The first kappa shape index (κ1) is 22.8. The van der Waals surface area contributed by atoms with Gasteiger partial charge in [0.25, 0.3) is 0 Å². The van der Waals surface area contributed by atoms with Gasteiger partial charge < -0.3 is 14.8 Å². The molecule has 0 heterocycles. The summed E-state index contributed by atoms with van der Waals surface area (Å²) in [6.07, 6.45) is 1.13. The lowest BCUT2D eigenvalue weighted by Crippen LogP contribution is -2.24. The number of anilines is 1. The Balaban J connectivity index is 1.42. The maximum absolute atomic E-state index is 12.0. The van der Waals surface area contributed by atoms with Crippen molar-refractivity contribution >= 4 is 35.3 Å². The van der Waals surface area contributed by atoms with Crippen LogP contribution < -0.4 is 20.2 Å². The van der Waals surface area contributed by atoms with Crippen molar-refractivity contribution in [1.29, 1.82) is 0 Å². The summed E-state index contributed by atoms with van der Waals surface area (Å²) in [6, 6.07) is 21.5. The minimum atomic E-state index is -0.524. The molecule has 0 saturated heterocycles. The van der Waals surface area contributed by atoms with Crippen molar-refractivity contribution in [2.45, 2.75) is 13.0 Å². The zero-order chi connectivity index (χ0) is 22.8. The van der Waals surface area contributed by atoms with E-state index in [1.54, 1.807) is 36.4 Å². The quantitative estimate of drug-likeness (QED) is 0.286. The molecule has 32 heavy (non-hydrogen) atoms. The predicted molar refractivity (Wildman–Crippen MR) is 124 cm³/mol. The van der Waals surface area contributed by atoms with Crippen LogP contribution in [0, 0.1) is 0 Å². The van der Waals surface area contributed by atoms with E-state index in [9.17, 15) is 9.59 Å². The van der Waals surface area contributed by atoms with Crippen LogP contribution in [0.5, 0.6) is 11.5 Å². The van der Waals surface area contributed by atoms with Crippen LogP contribution in [-0.2, 0) is 16.2 Å². The average molecular weight is 452 g/mol. The molecule has 8 heteroatoms. The van der Waals surface area contributed by atoms with Gasteiger partial charge in [0.2, 0.25) is 11.8 Å². The van der Waals surface area contributed by atoms with Crippen LogP contribution in [0.2, 0.25) is 5.02 Å². The van der Waals surface area contributed by atoms with E-state index in [0.717, 1.165) is 11.1 Å². The fourth-order valence-corrected chi connectivity index (χ4v) is 2.79. The van der Waals surface area contributed by atoms with Gasteiger partial charge in [0.1, 0.15) is 24.5 Å². The molecule has 0 atom stereocenters. The SMILES string of the molecule is COc1cccc(NC(=O)CC(=O)NN=Cc2ccc(OCc3ccc(Cl)cc3)cc2)c1. The molecule has 0 radical (unpaired) electrons. The Morgan fingerprint density at radius 2 is 1.72 bits per heavy atom. The van der Waals surface area contributed by atoms with Gasteiger partial charge in [0.05, 0.1) is 13.3 Å². The number of carbonyl (C=O) groups is 2. The third-order valence-corrected chi connectivity index (χ3v) is 4.53. The maximum atomic E-state index is 12.0. The molecule has 2 N–H and O–H groups in total. The highest BCUT2D eigenvalue weighted by Crippen LogP contribution is 2.17. The molecule has 0 aliphatic heterocycles. The largest absolute Gasteiger partial charge is 0.497 e. The topological polar surface area (TPSA) is 89.0 Å². The van der Waals surface area contributed by atoms with E-state index in [-0.39, 0.29) is 6.42 Å². The standard InChI is InChI=1S/C24H22ClN3O4/c1-31-22-4-2-3-20(13-22)27-23(29)14-24(30)28-26-15-17-7-11-21(12-8-17)32-16-18-5-9-19(25)10-6-18/h2-13,15H,14,16H2,1H3,(H,27,29)(H,28,30). The molecular weight excluding hydrogens is 430 g/mol. The lowest BCUT2D eigenvalue weighted by Gasteiger charge is -2.07. The third-order valence-electron chi connectivity index (χ3n) is 4.28. The fraction of sp³-hybridized carbons (Fsp3) is 0.125. The van der Waals surface area contributed by atoms with Crippen LogP contribution >= 0.6 is 11.6 Å². The number of hydrazone groups is 1. The number of halogens is 1.